The summed E-state index contributed by atoms with van der Waals surface area (Å²) >= 11 is 3.42. The molecule has 0 aliphatic carbocycles. The SMILES string of the molecule is O=C(COC(=O)C1CCCN1)c1ccc2c(c1)oc1cc(Br)ccc12. The van der Waals surface area contributed by atoms with Crippen molar-refractivity contribution in [1.29, 1.82) is 0 Å². The summed E-state index contributed by atoms with van der Waals surface area (Å²) in [4.78, 5) is 24.2. The lowest BCUT2D eigenvalue weighted by Gasteiger charge is -2.09. The number of halogens is 1. The van der Waals surface area contributed by atoms with Crippen LogP contribution in [-0.2, 0) is 9.53 Å². The number of fused-ring (bicyclic) bond motifs is 3. The Hall–Kier alpha value is -2.18. The third-order valence-electron chi connectivity index (χ3n) is 4.45. The zero-order chi connectivity index (χ0) is 17.4. The zero-order valence-corrected chi connectivity index (χ0v) is 15.0. The Balaban J connectivity index is 1.53. The number of carbonyl (C=O) groups is 2. The van der Waals surface area contributed by atoms with Gasteiger partial charge in [0.15, 0.2) is 12.4 Å². The molecule has 1 aromatic heterocycles. The summed E-state index contributed by atoms with van der Waals surface area (Å²) in [5, 5.41) is 5.01. The summed E-state index contributed by atoms with van der Waals surface area (Å²) in [6.45, 7) is 0.556. The van der Waals surface area contributed by atoms with Crippen LogP contribution in [0, 0.1) is 0 Å². The maximum atomic E-state index is 12.3. The Labute approximate surface area is 152 Å². The summed E-state index contributed by atoms with van der Waals surface area (Å²) < 4.78 is 11.9. The van der Waals surface area contributed by atoms with Crippen LogP contribution in [0.2, 0.25) is 0 Å². The predicted octanol–water partition coefficient (Wildman–Crippen LogP) is 3.83. The van der Waals surface area contributed by atoms with Gasteiger partial charge in [0.25, 0.3) is 0 Å². The van der Waals surface area contributed by atoms with Gasteiger partial charge in [0.2, 0.25) is 0 Å². The van der Waals surface area contributed by atoms with E-state index >= 15 is 0 Å². The molecule has 1 aliphatic rings. The topological polar surface area (TPSA) is 68.5 Å². The molecule has 2 aromatic carbocycles. The molecule has 1 saturated heterocycles. The van der Waals surface area contributed by atoms with E-state index in [1.165, 1.54) is 0 Å². The third kappa shape index (κ3) is 3.19. The van der Waals surface area contributed by atoms with Crippen LogP contribution in [0.1, 0.15) is 23.2 Å². The van der Waals surface area contributed by atoms with Crippen molar-refractivity contribution >= 4 is 49.6 Å². The highest BCUT2D eigenvalue weighted by atomic mass is 79.9. The second-order valence-corrected chi connectivity index (χ2v) is 7.05. The number of rotatable bonds is 4. The van der Waals surface area contributed by atoms with E-state index in [4.69, 9.17) is 9.15 Å². The second-order valence-electron chi connectivity index (χ2n) is 6.13. The molecule has 4 rings (SSSR count). The van der Waals surface area contributed by atoms with E-state index in [9.17, 15) is 9.59 Å². The molecule has 3 aromatic rings. The maximum absolute atomic E-state index is 12.3. The lowest BCUT2D eigenvalue weighted by Crippen LogP contribution is -2.33. The van der Waals surface area contributed by atoms with Crippen molar-refractivity contribution < 1.29 is 18.7 Å². The van der Waals surface area contributed by atoms with Crippen LogP contribution in [0.3, 0.4) is 0 Å². The van der Waals surface area contributed by atoms with E-state index in [1.54, 1.807) is 12.1 Å². The number of Topliss-reactive ketones (excluding diaryl/α,β-unsaturated/α-hetero) is 1. The first kappa shape index (κ1) is 16.3. The number of ether oxygens (including phenoxy) is 1. The Morgan fingerprint density at radius 2 is 1.92 bits per heavy atom. The minimum atomic E-state index is -0.361. The molecule has 6 heteroatoms. The van der Waals surface area contributed by atoms with Crippen LogP contribution < -0.4 is 5.32 Å². The van der Waals surface area contributed by atoms with E-state index in [2.05, 4.69) is 21.2 Å². The first-order chi connectivity index (χ1) is 12.1. The van der Waals surface area contributed by atoms with Crippen molar-refractivity contribution in [3.05, 3.63) is 46.4 Å². The van der Waals surface area contributed by atoms with Crippen LogP contribution in [-0.4, -0.2) is 30.9 Å². The highest BCUT2D eigenvalue weighted by Crippen LogP contribution is 2.31. The molecule has 0 saturated carbocycles. The van der Waals surface area contributed by atoms with Gasteiger partial charge in [-0.05, 0) is 49.7 Å². The molecule has 1 unspecified atom stereocenters. The smallest absolute Gasteiger partial charge is 0.323 e. The van der Waals surface area contributed by atoms with Gasteiger partial charge in [-0.2, -0.15) is 0 Å². The van der Waals surface area contributed by atoms with E-state index in [1.807, 2.05) is 24.3 Å². The molecule has 1 atom stereocenters. The van der Waals surface area contributed by atoms with E-state index in [-0.39, 0.29) is 24.4 Å². The van der Waals surface area contributed by atoms with Gasteiger partial charge < -0.3 is 14.5 Å². The van der Waals surface area contributed by atoms with Gasteiger partial charge in [-0.15, -0.1) is 0 Å². The number of carbonyl (C=O) groups excluding carboxylic acids is 2. The number of esters is 1. The molecule has 1 fully saturated rings. The molecule has 0 bridgehead atoms. The fourth-order valence-electron chi connectivity index (χ4n) is 3.13. The fourth-order valence-corrected chi connectivity index (χ4v) is 3.47. The summed E-state index contributed by atoms with van der Waals surface area (Å²) in [5.74, 6) is -0.601. The van der Waals surface area contributed by atoms with Gasteiger partial charge in [0.1, 0.15) is 17.2 Å². The number of hydrogen-bond acceptors (Lipinski definition) is 5. The van der Waals surface area contributed by atoms with Crippen molar-refractivity contribution in [3.8, 4) is 0 Å². The Kier molecular flexibility index (Phi) is 4.31. The van der Waals surface area contributed by atoms with Crippen LogP contribution >= 0.6 is 15.9 Å². The molecular formula is C19H16BrNO4. The van der Waals surface area contributed by atoms with Crippen molar-refractivity contribution in [2.24, 2.45) is 0 Å². The summed E-state index contributed by atoms with van der Waals surface area (Å²) in [7, 11) is 0. The van der Waals surface area contributed by atoms with Gasteiger partial charge in [0, 0.05) is 20.8 Å². The van der Waals surface area contributed by atoms with Crippen LogP contribution in [0.5, 0.6) is 0 Å². The lowest BCUT2D eigenvalue weighted by atomic mass is 10.1. The highest BCUT2D eigenvalue weighted by molar-refractivity contribution is 9.10. The average Bonchev–Trinajstić information content (AvgIpc) is 3.25. The van der Waals surface area contributed by atoms with E-state index in [0.717, 1.165) is 40.2 Å². The molecule has 2 heterocycles. The summed E-state index contributed by atoms with van der Waals surface area (Å²) in [5.41, 5.74) is 1.87. The number of benzene rings is 2. The number of ketones is 1. The standard InChI is InChI=1S/C19H16BrNO4/c20-12-4-6-14-13-5-3-11(8-17(13)25-18(14)9-12)16(22)10-24-19(23)15-2-1-7-21-15/h3-6,8-9,15,21H,1-2,7,10H2. The normalized spacial score (nSPS) is 17.2. The molecule has 0 spiro atoms. The van der Waals surface area contributed by atoms with Crippen LogP contribution in [0.4, 0.5) is 0 Å². The minimum absolute atomic E-state index is 0.241. The molecule has 128 valence electrons. The molecule has 25 heavy (non-hydrogen) atoms. The molecular weight excluding hydrogens is 386 g/mol. The van der Waals surface area contributed by atoms with Crippen molar-refractivity contribution in [2.75, 3.05) is 13.2 Å². The van der Waals surface area contributed by atoms with Crippen molar-refractivity contribution in [2.45, 2.75) is 18.9 Å². The number of hydrogen-bond donors (Lipinski definition) is 1. The van der Waals surface area contributed by atoms with Crippen LogP contribution in [0.15, 0.2) is 45.3 Å². The van der Waals surface area contributed by atoms with Gasteiger partial charge in [-0.3, -0.25) is 9.59 Å². The Morgan fingerprint density at radius 3 is 2.68 bits per heavy atom. The average molecular weight is 402 g/mol. The largest absolute Gasteiger partial charge is 0.456 e. The van der Waals surface area contributed by atoms with Gasteiger partial charge in [-0.1, -0.05) is 22.0 Å². The monoisotopic (exact) mass is 401 g/mol. The van der Waals surface area contributed by atoms with Crippen LogP contribution in [0.25, 0.3) is 21.9 Å². The van der Waals surface area contributed by atoms with Crippen molar-refractivity contribution in [3.63, 3.8) is 0 Å². The van der Waals surface area contributed by atoms with E-state index in [0.29, 0.717) is 11.1 Å². The third-order valence-corrected chi connectivity index (χ3v) is 4.94. The van der Waals surface area contributed by atoms with Crippen molar-refractivity contribution in [1.82, 2.24) is 5.32 Å². The van der Waals surface area contributed by atoms with Gasteiger partial charge in [0.05, 0.1) is 0 Å². The number of furan rings is 1. The predicted molar refractivity (Wildman–Crippen MR) is 97.7 cm³/mol. The maximum Gasteiger partial charge on any atom is 0.323 e. The molecule has 5 nitrogen and oxygen atoms in total. The van der Waals surface area contributed by atoms with E-state index < -0.39 is 0 Å². The Bertz CT molecular complexity index is 972. The molecule has 0 radical (unpaired) electrons. The lowest BCUT2D eigenvalue weighted by molar-refractivity contribution is -0.144. The molecule has 0 amide bonds. The zero-order valence-electron chi connectivity index (χ0n) is 13.4. The molecule has 1 N–H and O–H groups in total. The summed E-state index contributed by atoms with van der Waals surface area (Å²) in [6, 6.07) is 10.8. The van der Waals surface area contributed by atoms with Gasteiger partial charge in [-0.25, -0.2) is 0 Å². The number of nitrogens with one attached hydrogen (secondary N) is 1. The summed E-state index contributed by atoms with van der Waals surface area (Å²) in [6.07, 6.45) is 1.71. The first-order valence-electron chi connectivity index (χ1n) is 8.17. The molecule has 1 aliphatic heterocycles. The first-order valence-corrected chi connectivity index (χ1v) is 8.96. The minimum Gasteiger partial charge on any atom is -0.456 e. The Morgan fingerprint density at radius 1 is 1.16 bits per heavy atom. The quantitative estimate of drug-likeness (QED) is 0.531. The highest BCUT2D eigenvalue weighted by Gasteiger charge is 2.24. The van der Waals surface area contributed by atoms with Gasteiger partial charge >= 0.3 is 5.97 Å². The second kappa shape index (κ2) is 6.61. The fraction of sp³-hybridized carbons (Fsp3) is 0.263.